The molecule has 0 unspecified atom stereocenters. The summed E-state index contributed by atoms with van der Waals surface area (Å²) in [6.07, 6.45) is -0.665. The minimum absolute atomic E-state index is 0.0324. The van der Waals surface area contributed by atoms with Crippen LogP contribution in [0, 0.1) is 34.4 Å². The quantitative estimate of drug-likeness (QED) is 0.103. The van der Waals surface area contributed by atoms with Gasteiger partial charge in [0.25, 0.3) is 11.8 Å². The molecule has 7 heterocycles. The number of benzene rings is 3. The molecule has 13 nitrogen and oxygen atoms in total. The van der Waals surface area contributed by atoms with E-state index in [1.807, 2.05) is 38.7 Å². The number of piperidine rings is 2. The number of hydrogen-bond acceptors (Lipinski definition) is 9. The first-order chi connectivity index (χ1) is 34.7. The summed E-state index contributed by atoms with van der Waals surface area (Å²) in [6.45, 7) is 9.42. The molecule has 4 aromatic rings. The van der Waals surface area contributed by atoms with E-state index in [1.54, 1.807) is 47.4 Å². The molecule has 3 N–H and O–H groups in total. The molecule has 73 heavy (non-hydrogen) atoms. The van der Waals surface area contributed by atoms with Crippen LogP contribution in [0.5, 0.6) is 5.75 Å². The van der Waals surface area contributed by atoms with Gasteiger partial charge in [-0.25, -0.2) is 4.39 Å². The molecule has 1 saturated carbocycles. The summed E-state index contributed by atoms with van der Waals surface area (Å²) in [5, 5.41) is 8.98. The summed E-state index contributed by atoms with van der Waals surface area (Å²) in [6, 6.07) is 13.7. The fourth-order valence-electron chi connectivity index (χ4n) is 12.6. The van der Waals surface area contributed by atoms with Crippen molar-refractivity contribution in [2.45, 2.75) is 115 Å². The van der Waals surface area contributed by atoms with Crippen LogP contribution in [0.3, 0.4) is 0 Å². The van der Waals surface area contributed by atoms with Crippen LogP contribution in [0.4, 0.5) is 28.9 Å². The van der Waals surface area contributed by atoms with Gasteiger partial charge in [0.2, 0.25) is 17.7 Å². The van der Waals surface area contributed by atoms with Crippen LogP contribution >= 0.6 is 11.6 Å². The Morgan fingerprint density at radius 1 is 1.01 bits per heavy atom. The zero-order valence-electron chi connectivity index (χ0n) is 40.7. The third-order valence-electron chi connectivity index (χ3n) is 16.3. The molecule has 1 aromatic heterocycles. The largest absolute Gasteiger partial charge is 0.487 e. The molecule has 3 aromatic carbocycles. The number of pyridine rings is 1. The first-order valence-corrected chi connectivity index (χ1v) is 25.2. The van der Waals surface area contributed by atoms with E-state index >= 15 is 9.18 Å². The van der Waals surface area contributed by atoms with Gasteiger partial charge in [-0.2, -0.15) is 13.2 Å². The van der Waals surface area contributed by atoms with Crippen LogP contribution in [-0.4, -0.2) is 94.7 Å². The number of amides is 5. The second kappa shape index (κ2) is 17.6. The van der Waals surface area contributed by atoms with Crippen molar-refractivity contribution in [3.63, 3.8) is 0 Å². The van der Waals surface area contributed by atoms with Gasteiger partial charge in [-0.15, -0.1) is 0 Å². The Balaban J connectivity index is 0.817. The predicted molar refractivity (Wildman–Crippen MR) is 262 cm³/mol. The third kappa shape index (κ3) is 8.38. The van der Waals surface area contributed by atoms with Crippen LogP contribution in [-0.2, 0) is 32.5 Å². The number of hydrogen-bond donors (Lipinski definition) is 3. The van der Waals surface area contributed by atoms with Gasteiger partial charge in [0.1, 0.15) is 29.4 Å². The first kappa shape index (κ1) is 48.7. The topological polar surface area (TPSA) is 153 Å². The van der Waals surface area contributed by atoms with Gasteiger partial charge in [-0.3, -0.25) is 34.3 Å². The summed E-state index contributed by atoms with van der Waals surface area (Å²) in [4.78, 5) is 76.2. The zero-order valence-corrected chi connectivity index (χ0v) is 41.5. The lowest BCUT2D eigenvalue weighted by Crippen LogP contribution is -2.52. The zero-order chi connectivity index (χ0) is 51.5. The number of halogens is 5. The molecule has 380 valence electrons. The summed E-state index contributed by atoms with van der Waals surface area (Å²) in [5.74, 6) is 3.95. The van der Waals surface area contributed by atoms with Crippen LogP contribution in [0.25, 0.3) is 0 Å². The Hall–Kier alpha value is -6.51. The fourth-order valence-corrected chi connectivity index (χ4v) is 12.8. The molecule has 11 rings (SSSR count). The molecule has 1 aliphatic carbocycles. The van der Waals surface area contributed by atoms with Crippen molar-refractivity contribution in [3.05, 3.63) is 117 Å². The van der Waals surface area contributed by atoms with Gasteiger partial charge in [-0.1, -0.05) is 62.4 Å². The first-order valence-electron chi connectivity index (χ1n) is 24.9. The maximum atomic E-state index is 16.5. The van der Waals surface area contributed by atoms with Crippen molar-refractivity contribution in [1.29, 1.82) is 0 Å². The summed E-state index contributed by atoms with van der Waals surface area (Å²) in [7, 11) is 0. The number of likely N-dealkylation sites (tertiary alicyclic amines) is 1. The third-order valence-corrected chi connectivity index (χ3v) is 16.6. The number of alkyl halides is 3. The molecule has 0 bridgehead atoms. The van der Waals surface area contributed by atoms with E-state index in [-0.39, 0.29) is 83.2 Å². The average Bonchev–Trinajstić information content (AvgIpc) is 3.55. The van der Waals surface area contributed by atoms with E-state index in [1.165, 1.54) is 17.2 Å². The van der Waals surface area contributed by atoms with E-state index in [9.17, 15) is 32.3 Å². The van der Waals surface area contributed by atoms with Crippen LogP contribution in [0.15, 0.2) is 66.9 Å². The van der Waals surface area contributed by atoms with E-state index in [4.69, 9.17) is 16.3 Å². The number of anilines is 2. The summed E-state index contributed by atoms with van der Waals surface area (Å²) in [5.41, 5.74) is 1.08. The molecule has 7 atom stereocenters. The highest BCUT2D eigenvalue weighted by atomic mass is 35.5. The number of fused-ring (bicyclic) bond motifs is 4. The van der Waals surface area contributed by atoms with E-state index in [0.29, 0.717) is 47.6 Å². The lowest BCUT2D eigenvalue weighted by atomic mass is 9.63. The standard InChI is InChI=1S/C55H54ClF4N7O6/c1-29-26-66(51(72)47-45(34-9-6-10-37(56)46(34)57)54(43(63-47)24-52(2,3)4)28-62-38-22-42(55(58,59)60)61-25-36(38)54)39-14-12-31(21-41(39)73-29)49(70)65-19-17-53(18-20-65)23-32(53)13-11-30-7-5-8-33-35(30)27-67(50(33)71)40-15-16-44(68)64-48(40)69/h5-10,12,14,21-22,25,29,32,40,43,45,47,62-63H,15-20,23-24,26-28H2,1-4H3,(H,64,68,69)/t29-,32+,40+,43+,45+,47-,54+/m1/s1. The van der Waals surface area contributed by atoms with Crippen molar-refractivity contribution in [1.82, 2.24) is 25.4 Å². The number of aromatic nitrogens is 1. The molecular weight excluding hydrogens is 966 g/mol. The smallest absolute Gasteiger partial charge is 0.433 e. The van der Waals surface area contributed by atoms with Crippen molar-refractivity contribution < 1.29 is 46.3 Å². The number of carbonyl (C=O) groups excluding carboxylic acids is 5. The Labute approximate surface area is 424 Å². The second-order valence-electron chi connectivity index (χ2n) is 22.1. The van der Waals surface area contributed by atoms with Crippen molar-refractivity contribution in [2.24, 2.45) is 16.7 Å². The van der Waals surface area contributed by atoms with Gasteiger partial charge in [-0.05, 0) is 103 Å². The van der Waals surface area contributed by atoms with Crippen LogP contribution < -0.4 is 25.6 Å². The van der Waals surface area contributed by atoms with Crippen molar-refractivity contribution in [2.75, 3.05) is 36.4 Å². The Morgan fingerprint density at radius 2 is 1.78 bits per heavy atom. The van der Waals surface area contributed by atoms with Gasteiger partial charge >= 0.3 is 6.18 Å². The lowest BCUT2D eigenvalue weighted by Gasteiger charge is -2.40. The van der Waals surface area contributed by atoms with E-state index < -0.39 is 65.1 Å². The molecule has 0 radical (unpaired) electrons. The number of nitrogens with one attached hydrogen (secondary N) is 3. The van der Waals surface area contributed by atoms with Crippen LogP contribution in [0.1, 0.15) is 121 Å². The minimum Gasteiger partial charge on any atom is -0.487 e. The monoisotopic (exact) mass is 1020 g/mol. The van der Waals surface area contributed by atoms with Crippen molar-refractivity contribution >= 4 is 52.5 Å². The van der Waals surface area contributed by atoms with Gasteiger partial charge in [0.15, 0.2) is 0 Å². The van der Waals surface area contributed by atoms with Gasteiger partial charge < -0.3 is 30.1 Å². The highest BCUT2D eigenvalue weighted by Crippen LogP contribution is 2.60. The number of imide groups is 1. The fraction of sp³-hybridized carbons (Fsp3) is 0.455. The average molecular weight is 1020 g/mol. The molecular formula is C55H54ClF4N7O6. The normalized spacial score (nSPS) is 26.9. The molecule has 2 spiro atoms. The number of rotatable bonds is 5. The Kier molecular flexibility index (Phi) is 11.7. The van der Waals surface area contributed by atoms with E-state index in [0.717, 1.165) is 36.5 Å². The minimum atomic E-state index is -4.70. The summed E-state index contributed by atoms with van der Waals surface area (Å²) >= 11 is 6.44. The molecule has 6 aliphatic heterocycles. The maximum Gasteiger partial charge on any atom is 0.433 e. The SMILES string of the molecule is C[C@@H]1CN(C(=O)[C@@H]2N[C@@H](CC(C)(C)C)[C@@]3(CNc4cc(C(F)(F)F)ncc43)[C@H]2c2cccc(Cl)c2F)c2ccc(C(=O)N3CCC4(CC3)C[C@@H]4C#Cc3cccc4c3CN([C@H]3CCC(=O)NC3=O)C4=O)cc2O1. The van der Waals surface area contributed by atoms with Gasteiger partial charge in [0, 0.05) is 90.0 Å². The maximum absolute atomic E-state index is 16.5. The molecule has 18 heteroatoms. The number of nitrogens with zero attached hydrogens (tertiary/aromatic N) is 4. The van der Waals surface area contributed by atoms with Gasteiger partial charge in [0.05, 0.1) is 23.3 Å². The van der Waals surface area contributed by atoms with Crippen molar-refractivity contribution in [3.8, 4) is 17.6 Å². The summed E-state index contributed by atoms with van der Waals surface area (Å²) < 4.78 is 64.8. The second-order valence-corrected chi connectivity index (χ2v) is 22.5. The predicted octanol–water partition coefficient (Wildman–Crippen LogP) is 7.99. The highest BCUT2D eigenvalue weighted by molar-refractivity contribution is 6.30. The molecule has 5 amide bonds. The van der Waals surface area contributed by atoms with E-state index in [2.05, 4.69) is 32.8 Å². The molecule has 3 saturated heterocycles. The number of carbonyl (C=O) groups is 5. The Morgan fingerprint density at radius 3 is 2.52 bits per heavy atom. The molecule has 7 aliphatic rings. The van der Waals surface area contributed by atoms with Crippen LogP contribution in [0.2, 0.25) is 5.02 Å². The number of ether oxygens (including phenoxy) is 1. The molecule has 4 fully saturated rings. The Bertz CT molecular complexity index is 3090. The highest BCUT2D eigenvalue weighted by Gasteiger charge is 2.63. The lowest BCUT2D eigenvalue weighted by molar-refractivity contribution is -0.141.